The van der Waals surface area contributed by atoms with Crippen LogP contribution in [0.3, 0.4) is 0 Å². The molecule has 1 aromatic carbocycles. The molecule has 0 aliphatic carbocycles. The summed E-state index contributed by atoms with van der Waals surface area (Å²) in [5, 5.41) is 12.8. The molecule has 1 amide bonds. The van der Waals surface area contributed by atoms with Crippen LogP contribution in [0.4, 0.5) is 4.39 Å². The van der Waals surface area contributed by atoms with E-state index < -0.39 is 5.97 Å². The molecular weight excluding hydrogens is 327 g/mol. The minimum absolute atomic E-state index is 0.213. The Kier molecular flexibility index (Phi) is 5.08. The molecule has 0 saturated carbocycles. The Bertz CT molecular complexity index is 769. The zero-order valence-corrected chi connectivity index (χ0v) is 13.6. The largest absolute Gasteiger partial charge is 0.480 e. The average Bonchev–Trinajstić information content (AvgIpc) is 3.05. The Balaban J connectivity index is 1.55. The molecule has 0 bridgehead atoms. The average molecular weight is 346 g/mol. The number of carbonyl (C=O) groups excluding carboxylic acids is 1. The van der Waals surface area contributed by atoms with Crippen LogP contribution >= 0.6 is 0 Å². The summed E-state index contributed by atoms with van der Waals surface area (Å²) < 4.78 is 14.9. The summed E-state index contributed by atoms with van der Waals surface area (Å²) in [7, 11) is 0. The van der Waals surface area contributed by atoms with Crippen molar-refractivity contribution in [2.45, 2.75) is 13.1 Å². The summed E-state index contributed by atoms with van der Waals surface area (Å²) in [4.78, 5) is 26.9. The van der Waals surface area contributed by atoms with E-state index in [4.69, 9.17) is 5.11 Å². The quantitative estimate of drug-likeness (QED) is 0.876. The Labute approximate surface area is 144 Å². The lowest BCUT2D eigenvalue weighted by Crippen LogP contribution is -2.48. The molecule has 2 aromatic rings. The Morgan fingerprint density at radius 2 is 1.84 bits per heavy atom. The first kappa shape index (κ1) is 17.1. The van der Waals surface area contributed by atoms with Crippen LogP contribution in [0.1, 0.15) is 16.1 Å². The number of halogens is 1. The zero-order chi connectivity index (χ0) is 17.8. The highest BCUT2D eigenvalue weighted by atomic mass is 19.1. The minimum Gasteiger partial charge on any atom is -0.480 e. The standard InChI is InChI=1S/C17H19FN4O3/c18-14-4-2-1-3-13(14)11-20-7-9-21(10-8-20)17(25)15-5-6-22(19-15)12-16(23)24/h1-6H,7-12H2,(H,23,24). The number of piperazine rings is 1. The molecule has 1 aliphatic rings. The van der Waals surface area contributed by atoms with Crippen molar-refractivity contribution in [2.75, 3.05) is 26.2 Å². The van der Waals surface area contributed by atoms with Crippen molar-refractivity contribution < 1.29 is 19.1 Å². The fourth-order valence-electron chi connectivity index (χ4n) is 2.84. The Hall–Kier alpha value is -2.74. The van der Waals surface area contributed by atoms with Crippen molar-refractivity contribution in [3.8, 4) is 0 Å². The lowest BCUT2D eigenvalue weighted by molar-refractivity contribution is -0.137. The monoisotopic (exact) mass is 346 g/mol. The normalized spacial score (nSPS) is 15.3. The predicted octanol–water partition coefficient (Wildman–Crippen LogP) is 1.06. The van der Waals surface area contributed by atoms with Gasteiger partial charge >= 0.3 is 5.97 Å². The second-order valence-corrected chi connectivity index (χ2v) is 5.95. The third kappa shape index (κ3) is 4.21. The molecule has 2 heterocycles. The number of benzene rings is 1. The summed E-state index contributed by atoms with van der Waals surface area (Å²) >= 11 is 0. The van der Waals surface area contributed by atoms with Crippen LogP contribution in [0.2, 0.25) is 0 Å². The molecule has 25 heavy (non-hydrogen) atoms. The summed E-state index contributed by atoms with van der Waals surface area (Å²) in [6, 6.07) is 8.21. The van der Waals surface area contributed by atoms with E-state index in [-0.39, 0.29) is 24.0 Å². The van der Waals surface area contributed by atoms with E-state index in [1.807, 2.05) is 6.07 Å². The van der Waals surface area contributed by atoms with Gasteiger partial charge in [-0.1, -0.05) is 18.2 Å². The van der Waals surface area contributed by atoms with Crippen molar-refractivity contribution in [1.82, 2.24) is 19.6 Å². The number of carbonyl (C=O) groups is 2. The summed E-state index contributed by atoms with van der Waals surface area (Å²) in [6.07, 6.45) is 1.48. The minimum atomic E-state index is -1.01. The fraction of sp³-hybridized carbons (Fsp3) is 0.353. The first-order valence-electron chi connectivity index (χ1n) is 8.03. The van der Waals surface area contributed by atoms with Gasteiger partial charge in [-0.15, -0.1) is 0 Å². The molecule has 132 valence electrons. The van der Waals surface area contributed by atoms with E-state index in [0.29, 0.717) is 38.3 Å². The highest BCUT2D eigenvalue weighted by Gasteiger charge is 2.24. The molecule has 0 spiro atoms. The van der Waals surface area contributed by atoms with Crippen LogP contribution in [0.5, 0.6) is 0 Å². The van der Waals surface area contributed by atoms with Gasteiger partial charge < -0.3 is 10.0 Å². The van der Waals surface area contributed by atoms with Crippen molar-refractivity contribution in [2.24, 2.45) is 0 Å². The van der Waals surface area contributed by atoms with Gasteiger partial charge in [-0.05, 0) is 12.1 Å². The van der Waals surface area contributed by atoms with E-state index in [1.165, 1.54) is 23.0 Å². The second-order valence-electron chi connectivity index (χ2n) is 5.95. The number of aromatic nitrogens is 2. The van der Waals surface area contributed by atoms with Crippen LogP contribution < -0.4 is 0 Å². The maximum atomic E-state index is 13.7. The molecule has 1 N–H and O–H groups in total. The Morgan fingerprint density at radius 1 is 1.12 bits per heavy atom. The first-order valence-corrected chi connectivity index (χ1v) is 8.03. The molecule has 1 aromatic heterocycles. The van der Waals surface area contributed by atoms with Gasteiger partial charge in [0.25, 0.3) is 5.91 Å². The van der Waals surface area contributed by atoms with Gasteiger partial charge in [-0.2, -0.15) is 5.10 Å². The molecule has 8 heteroatoms. The highest BCUT2D eigenvalue weighted by molar-refractivity contribution is 5.92. The molecule has 0 unspecified atom stereocenters. The van der Waals surface area contributed by atoms with Crippen LogP contribution in [0.15, 0.2) is 36.5 Å². The van der Waals surface area contributed by atoms with E-state index >= 15 is 0 Å². The molecule has 3 rings (SSSR count). The van der Waals surface area contributed by atoms with Crippen molar-refractivity contribution in [3.05, 3.63) is 53.6 Å². The highest BCUT2D eigenvalue weighted by Crippen LogP contribution is 2.13. The predicted molar refractivity (Wildman–Crippen MR) is 87.4 cm³/mol. The van der Waals surface area contributed by atoms with E-state index in [9.17, 15) is 14.0 Å². The van der Waals surface area contributed by atoms with E-state index in [0.717, 1.165) is 0 Å². The zero-order valence-electron chi connectivity index (χ0n) is 13.6. The van der Waals surface area contributed by atoms with Gasteiger partial charge in [0.05, 0.1) is 0 Å². The molecule has 0 radical (unpaired) electrons. The number of hydrogen-bond acceptors (Lipinski definition) is 4. The Morgan fingerprint density at radius 3 is 2.52 bits per heavy atom. The molecule has 1 fully saturated rings. The molecule has 7 nitrogen and oxygen atoms in total. The van der Waals surface area contributed by atoms with Crippen LogP contribution in [0, 0.1) is 5.82 Å². The number of hydrogen-bond donors (Lipinski definition) is 1. The summed E-state index contributed by atoms with van der Waals surface area (Å²) in [5.41, 5.74) is 0.887. The van der Waals surface area contributed by atoms with E-state index in [1.54, 1.807) is 17.0 Å². The van der Waals surface area contributed by atoms with Gasteiger partial charge in [0, 0.05) is 44.5 Å². The molecule has 1 aliphatic heterocycles. The number of amides is 1. The van der Waals surface area contributed by atoms with E-state index in [2.05, 4.69) is 10.00 Å². The SMILES string of the molecule is O=C(O)Cn1ccc(C(=O)N2CCN(Cc3ccccc3F)CC2)n1. The van der Waals surface area contributed by atoms with Crippen LogP contribution in [-0.2, 0) is 17.9 Å². The smallest absolute Gasteiger partial charge is 0.325 e. The van der Waals surface area contributed by atoms with Crippen molar-refractivity contribution in [3.63, 3.8) is 0 Å². The number of carboxylic acid groups (broad SMARTS) is 1. The number of rotatable bonds is 5. The number of aliphatic carboxylic acids is 1. The summed E-state index contributed by atoms with van der Waals surface area (Å²) in [5.74, 6) is -1.44. The lowest BCUT2D eigenvalue weighted by atomic mass is 10.2. The molecule has 0 atom stereocenters. The topological polar surface area (TPSA) is 78.7 Å². The van der Waals surface area contributed by atoms with Crippen LogP contribution in [-0.4, -0.2) is 62.7 Å². The number of carboxylic acids is 1. The lowest BCUT2D eigenvalue weighted by Gasteiger charge is -2.34. The van der Waals surface area contributed by atoms with Gasteiger partial charge in [-0.3, -0.25) is 19.2 Å². The van der Waals surface area contributed by atoms with Crippen molar-refractivity contribution >= 4 is 11.9 Å². The maximum Gasteiger partial charge on any atom is 0.325 e. The van der Waals surface area contributed by atoms with Gasteiger partial charge in [0.1, 0.15) is 18.1 Å². The third-order valence-electron chi connectivity index (χ3n) is 4.17. The van der Waals surface area contributed by atoms with Gasteiger partial charge in [0.15, 0.2) is 0 Å². The van der Waals surface area contributed by atoms with Crippen molar-refractivity contribution in [1.29, 1.82) is 0 Å². The third-order valence-corrected chi connectivity index (χ3v) is 4.17. The van der Waals surface area contributed by atoms with Gasteiger partial charge in [0.2, 0.25) is 0 Å². The number of nitrogens with zero attached hydrogens (tertiary/aromatic N) is 4. The molecule has 1 saturated heterocycles. The second kappa shape index (κ2) is 7.43. The van der Waals surface area contributed by atoms with Crippen LogP contribution in [0.25, 0.3) is 0 Å². The fourth-order valence-corrected chi connectivity index (χ4v) is 2.84. The van der Waals surface area contributed by atoms with Gasteiger partial charge in [-0.25, -0.2) is 4.39 Å². The maximum absolute atomic E-state index is 13.7. The summed E-state index contributed by atoms with van der Waals surface area (Å²) in [6.45, 7) is 2.59. The molecular formula is C17H19FN4O3. The first-order chi connectivity index (χ1) is 12.0.